The van der Waals surface area contributed by atoms with Crippen LogP contribution in [0.3, 0.4) is 0 Å². The van der Waals surface area contributed by atoms with Crippen molar-refractivity contribution in [3.63, 3.8) is 0 Å². The van der Waals surface area contributed by atoms with E-state index in [9.17, 15) is 4.79 Å². The highest BCUT2D eigenvalue weighted by Gasteiger charge is 2.18. The van der Waals surface area contributed by atoms with Crippen molar-refractivity contribution in [1.29, 1.82) is 5.41 Å². The van der Waals surface area contributed by atoms with Crippen LogP contribution in [0.5, 0.6) is 0 Å². The first kappa shape index (κ1) is 10.8. The SMILES string of the molecule is CC(NC(=O)N1CCOCC1)C(=N)N. The van der Waals surface area contributed by atoms with Gasteiger partial charge in [0, 0.05) is 13.1 Å². The van der Waals surface area contributed by atoms with E-state index in [1.165, 1.54) is 0 Å². The molecule has 6 heteroatoms. The van der Waals surface area contributed by atoms with E-state index in [-0.39, 0.29) is 11.9 Å². The Bertz CT molecular complexity index is 225. The van der Waals surface area contributed by atoms with Crippen molar-refractivity contribution in [2.75, 3.05) is 26.3 Å². The van der Waals surface area contributed by atoms with E-state index in [4.69, 9.17) is 15.9 Å². The molecule has 1 aliphatic rings. The van der Waals surface area contributed by atoms with Gasteiger partial charge in [-0.1, -0.05) is 0 Å². The van der Waals surface area contributed by atoms with E-state index >= 15 is 0 Å². The number of nitrogens with zero attached hydrogens (tertiary/aromatic N) is 1. The summed E-state index contributed by atoms with van der Waals surface area (Å²) in [5.41, 5.74) is 5.24. The molecular formula is C8H16N4O2. The Labute approximate surface area is 82.9 Å². The summed E-state index contributed by atoms with van der Waals surface area (Å²) in [5, 5.41) is 9.76. The number of carbonyl (C=O) groups excluding carboxylic acids is 1. The first-order valence-corrected chi connectivity index (χ1v) is 4.58. The zero-order valence-corrected chi connectivity index (χ0v) is 8.25. The summed E-state index contributed by atoms with van der Waals surface area (Å²) in [4.78, 5) is 13.2. The molecule has 1 heterocycles. The van der Waals surface area contributed by atoms with Crippen molar-refractivity contribution in [3.05, 3.63) is 0 Å². The Hall–Kier alpha value is -1.30. The fourth-order valence-corrected chi connectivity index (χ4v) is 1.12. The number of morpholine rings is 1. The largest absolute Gasteiger partial charge is 0.386 e. The van der Waals surface area contributed by atoms with Gasteiger partial charge in [0.25, 0.3) is 0 Å². The first-order chi connectivity index (χ1) is 6.61. The van der Waals surface area contributed by atoms with E-state index < -0.39 is 6.04 Å². The molecule has 1 saturated heterocycles. The maximum atomic E-state index is 11.5. The zero-order valence-electron chi connectivity index (χ0n) is 8.25. The average molecular weight is 200 g/mol. The molecule has 0 bridgehead atoms. The number of carbonyl (C=O) groups is 1. The molecule has 80 valence electrons. The van der Waals surface area contributed by atoms with E-state index in [2.05, 4.69) is 5.32 Å². The van der Waals surface area contributed by atoms with Crippen molar-refractivity contribution in [2.24, 2.45) is 5.73 Å². The highest BCUT2D eigenvalue weighted by atomic mass is 16.5. The van der Waals surface area contributed by atoms with Crippen LogP contribution >= 0.6 is 0 Å². The van der Waals surface area contributed by atoms with Crippen molar-refractivity contribution in [2.45, 2.75) is 13.0 Å². The Morgan fingerprint density at radius 3 is 2.64 bits per heavy atom. The van der Waals surface area contributed by atoms with Crippen LogP contribution < -0.4 is 11.1 Å². The lowest BCUT2D eigenvalue weighted by molar-refractivity contribution is 0.0530. The monoisotopic (exact) mass is 200 g/mol. The Morgan fingerprint density at radius 2 is 2.14 bits per heavy atom. The van der Waals surface area contributed by atoms with E-state index in [1.807, 2.05) is 0 Å². The van der Waals surface area contributed by atoms with E-state index in [0.29, 0.717) is 26.3 Å². The van der Waals surface area contributed by atoms with Crippen LogP contribution in [-0.4, -0.2) is 49.1 Å². The second-order valence-corrected chi connectivity index (χ2v) is 3.23. The van der Waals surface area contributed by atoms with Crippen LogP contribution in [-0.2, 0) is 4.74 Å². The second kappa shape index (κ2) is 4.80. The van der Waals surface area contributed by atoms with Crippen LogP contribution in [0.1, 0.15) is 6.92 Å². The van der Waals surface area contributed by atoms with E-state index in [0.717, 1.165) is 0 Å². The maximum absolute atomic E-state index is 11.5. The minimum absolute atomic E-state index is 0.0355. The number of amidine groups is 1. The molecule has 0 spiro atoms. The van der Waals surface area contributed by atoms with Gasteiger partial charge in [0.2, 0.25) is 0 Å². The minimum atomic E-state index is -0.412. The molecule has 1 fully saturated rings. The number of nitrogens with two attached hydrogens (primary N) is 1. The van der Waals surface area contributed by atoms with Crippen LogP contribution in [0.2, 0.25) is 0 Å². The van der Waals surface area contributed by atoms with Crippen molar-refractivity contribution in [3.8, 4) is 0 Å². The summed E-state index contributed by atoms with van der Waals surface area (Å²) < 4.78 is 5.11. The number of amides is 2. The van der Waals surface area contributed by atoms with Crippen LogP contribution in [0.4, 0.5) is 4.79 Å². The molecule has 6 nitrogen and oxygen atoms in total. The highest BCUT2D eigenvalue weighted by Crippen LogP contribution is 1.97. The Kier molecular flexibility index (Phi) is 3.70. The number of hydrogen-bond acceptors (Lipinski definition) is 3. The van der Waals surface area contributed by atoms with Crippen molar-refractivity contribution >= 4 is 11.9 Å². The summed E-state index contributed by atoms with van der Waals surface area (Å²) in [5.74, 6) is -0.0355. The molecule has 0 aromatic rings. The minimum Gasteiger partial charge on any atom is -0.386 e. The number of nitrogens with one attached hydrogen (secondary N) is 2. The van der Waals surface area contributed by atoms with Gasteiger partial charge in [0.05, 0.1) is 19.3 Å². The lowest BCUT2D eigenvalue weighted by atomic mass is 10.3. The third-order valence-electron chi connectivity index (χ3n) is 2.10. The average Bonchev–Trinajstić information content (AvgIpc) is 2.19. The van der Waals surface area contributed by atoms with Gasteiger partial charge in [0.1, 0.15) is 5.84 Å². The molecule has 1 rings (SSSR count). The predicted molar refractivity (Wildman–Crippen MR) is 52.3 cm³/mol. The fraction of sp³-hybridized carbons (Fsp3) is 0.750. The van der Waals surface area contributed by atoms with Gasteiger partial charge in [-0.25, -0.2) is 4.79 Å². The van der Waals surface area contributed by atoms with Gasteiger partial charge in [-0.3, -0.25) is 5.41 Å². The third-order valence-corrected chi connectivity index (χ3v) is 2.10. The van der Waals surface area contributed by atoms with Crippen molar-refractivity contribution in [1.82, 2.24) is 10.2 Å². The number of rotatable bonds is 2. The molecule has 0 saturated carbocycles. The second-order valence-electron chi connectivity index (χ2n) is 3.23. The molecule has 4 N–H and O–H groups in total. The Balaban J connectivity index is 2.36. The van der Waals surface area contributed by atoms with Crippen LogP contribution in [0.15, 0.2) is 0 Å². The van der Waals surface area contributed by atoms with Gasteiger partial charge in [-0.2, -0.15) is 0 Å². The van der Waals surface area contributed by atoms with Gasteiger partial charge in [-0.15, -0.1) is 0 Å². The molecule has 0 aliphatic carbocycles. The van der Waals surface area contributed by atoms with Crippen molar-refractivity contribution < 1.29 is 9.53 Å². The molecule has 0 radical (unpaired) electrons. The van der Waals surface area contributed by atoms with Gasteiger partial charge < -0.3 is 20.7 Å². The summed E-state index contributed by atoms with van der Waals surface area (Å²) in [6.45, 7) is 4.01. The quantitative estimate of drug-likeness (QED) is 0.408. The Morgan fingerprint density at radius 1 is 1.57 bits per heavy atom. The van der Waals surface area contributed by atoms with Gasteiger partial charge in [0.15, 0.2) is 0 Å². The standard InChI is InChI=1S/C8H16N4O2/c1-6(7(9)10)11-8(13)12-2-4-14-5-3-12/h6H,2-5H2,1H3,(H3,9,10)(H,11,13). The molecule has 0 aromatic heterocycles. The highest BCUT2D eigenvalue weighted by molar-refractivity contribution is 5.87. The topological polar surface area (TPSA) is 91.4 Å². The first-order valence-electron chi connectivity index (χ1n) is 4.58. The number of urea groups is 1. The van der Waals surface area contributed by atoms with Gasteiger partial charge in [-0.05, 0) is 6.92 Å². The molecule has 1 unspecified atom stereocenters. The molecule has 1 atom stereocenters. The molecule has 2 amide bonds. The fourth-order valence-electron chi connectivity index (χ4n) is 1.12. The smallest absolute Gasteiger partial charge is 0.318 e. The summed E-state index contributed by atoms with van der Waals surface area (Å²) in [6, 6.07) is -0.596. The maximum Gasteiger partial charge on any atom is 0.318 e. The third kappa shape index (κ3) is 2.88. The van der Waals surface area contributed by atoms with Crippen LogP contribution in [0.25, 0.3) is 0 Å². The summed E-state index contributed by atoms with van der Waals surface area (Å²) >= 11 is 0. The molecule has 0 aromatic carbocycles. The van der Waals surface area contributed by atoms with Gasteiger partial charge >= 0.3 is 6.03 Å². The lowest BCUT2D eigenvalue weighted by Crippen LogP contribution is -2.51. The summed E-state index contributed by atoms with van der Waals surface area (Å²) in [6.07, 6.45) is 0. The number of ether oxygens (including phenoxy) is 1. The molecular weight excluding hydrogens is 184 g/mol. The van der Waals surface area contributed by atoms with Crippen LogP contribution in [0, 0.1) is 5.41 Å². The zero-order chi connectivity index (χ0) is 10.6. The normalized spacial score (nSPS) is 18.8. The number of hydrogen-bond donors (Lipinski definition) is 3. The lowest BCUT2D eigenvalue weighted by Gasteiger charge is -2.28. The van der Waals surface area contributed by atoms with E-state index in [1.54, 1.807) is 11.8 Å². The summed E-state index contributed by atoms with van der Waals surface area (Å²) in [7, 11) is 0. The molecule has 14 heavy (non-hydrogen) atoms. The molecule has 1 aliphatic heterocycles. The predicted octanol–water partition coefficient (Wildman–Crippen LogP) is -0.647.